The highest BCUT2D eigenvalue weighted by molar-refractivity contribution is 6.05. The first-order chi connectivity index (χ1) is 12.6. The molecule has 0 bridgehead atoms. The number of nitrogens with one attached hydrogen (secondary N) is 1. The molecule has 0 aliphatic heterocycles. The number of anilines is 1. The molecule has 2 atom stereocenters. The van der Waals surface area contributed by atoms with Crippen molar-refractivity contribution in [2.45, 2.75) is 18.9 Å². The first kappa shape index (κ1) is 17.9. The van der Waals surface area contributed by atoms with Crippen molar-refractivity contribution < 1.29 is 19.1 Å². The average molecular weight is 354 g/mol. The van der Waals surface area contributed by atoms with Crippen molar-refractivity contribution in [3.63, 3.8) is 0 Å². The Kier molecular flexibility index (Phi) is 5.53. The minimum Gasteiger partial charge on any atom is -0.481 e. The fourth-order valence-corrected chi connectivity index (χ4v) is 3.07. The summed E-state index contributed by atoms with van der Waals surface area (Å²) in [6.45, 7) is -0.168. The maximum atomic E-state index is 12.6. The number of hydrogen-bond donors (Lipinski definition) is 2. The molecule has 0 fully saturated rings. The predicted octanol–water partition coefficient (Wildman–Crippen LogP) is 2.62. The molecule has 0 radical (unpaired) electrons. The lowest BCUT2D eigenvalue weighted by Gasteiger charge is -2.22. The fraction of sp³-hybridized carbons (Fsp3) is 0.300. The van der Waals surface area contributed by atoms with Gasteiger partial charge in [-0.2, -0.15) is 0 Å². The van der Waals surface area contributed by atoms with Crippen molar-refractivity contribution in [2.24, 2.45) is 11.7 Å². The maximum absolute atomic E-state index is 12.6. The molecule has 2 aromatic rings. The Morgan fingerprint density at radius 1 is 1.19 bits per heavy atom. The Labute approximate surface area is 152 Å². The van der Waals surface area contributed by atoms with Gasteiger partial charge in [0, 0.05) is 28.4 Å². The van der Waals surface area contributed by atoms with Gasteiger partial charge in [0.25, 0.3) is 0 Å². The Hall–Kier alpha value is -2.86. The van der Waals surface area contributed by atoms with Crippen LogP contribution >= 0.6 is 0 Å². The minimum atomic E-state index is -0.451. The van der Waals surface area contributed by atoms with E-state index in [1.807, 2.05) is 36.4 Å². The van der Waals surface area contributed by atoms with E-state index in [1.165, 1.54) is 7.11 Å². The van der Waals surface area contributed by atoms with Gasteiger partial charge in [-0.1, -0.05) is 36.4 Å². The smallest absolute Gasteiger partial charge is 0.343 e. The number of benzene rings is 2. The lowest BCUT2D eigenvalue weighted by molar-refractivity contribution is -0.142. The summed E-state index contributed by atoms with van der Waals surface area (Å²) in [4.78, 5) is 23.9. The Bertz CT molecular complexity index is 847. The second-order valence-corrected chi connectivity index (χ2v) is 6.27. The van der Waals surface area contributed by atoms with Gasteiger partial charge >= 0.3 is 5.97 Å². The standard InChI is InChI=1S/C20H22N2O4/c1-25-19(23)12-26-18-10-9-17(15-7-2-3-8-16(15)18)22-20(24)13-5-4-6-14(21)11-13/h2-4,6-10,13-14H,5,11-12,21H2,1H3,(H,22,24)/t13-,14-/m1/s1. The van der Waals surface area contributed by atoms with Gasteiger partial charge in [-0.25, -0.2) is 4.79 Å². The predicted molar refractivity (Wildman–Crippen MR) is 99.9 cm³/mol. The van der Waals surface area contributed by atoms with Crippen molar-refractivity contribution in [3.8, 4) is 5.75 Å². The molecule has 0 saturated heterocycles. The number of methoxy groups -OCH3 is 1. The van der Waals surface area contributed by atoms with Gasteiger partial charge in [0.05, 0.1) is 7.11 Å². The third-order valence-corrected chi connectivity index (χ3v) is 4.45. The SMILES string of the molecule is COC(=O)COc1ccc(NC(=O)[C@@H]2CC=C[C@@H](N)C2)c2ccccc12. The normalized spacial score (nSPS) is 19.2. The van der Waals surface area contributed by atoms with Gasteiger partial charge in [0.15, 0.2) is 6.61 Å². The van der Waals surface area contributed by atoms with Crippen LogP contribution in [0.2, 0.25) is 0 Å². The van der Waals surface area contributed by atoms with Gasteiger partial charge in [-0.05, 0) is 25.0 Å². The number of allylic oxidation sites excluding steroid dienone is 1. The van der Waals surface area contributed by atoms with Crippen LogP contribution in [0.1, 0.15) is 12.8 Å². The zero-order chi connectivity index (χ0) is 18.5. The number of rotatable bonds is 5. The van der Waals surface area contributed by atoms with Gasteiger partial charge in [-0.3, -0.25) is 4.79 Å². The summed E-state index contributed by atoms with van der Waals surface area (Å²) in [6, 6.07) is 11.0. The van der Waals surface area contributed by atoms with Crippen molar-refractivity contribution in [1.82, 2.24) is 0 Å². The molecule has 6 heteroatoms. The molecule has 0 unspecified atom stereocenters. The van der Waals surface area contributed by atoms with E-state index in [1.54, 1.807) is 12.1 Å². The summed E-state index contributed by atoms with van der Waals surface area (Å²) >= 11 is 0. The molecule has 1 aliphatic rings. The summed E-state index contributed by atoms with van der Waals surface area (Å²) in [7, 11) is 1.31. The van der Waals surface area contributed by atoms with Gasteiger partial charge in [0.2, 0.25) is 5.91 Å². The zero-order valence-electron chi connectivity index (χ0n) is 14.6. The molecule has 0 heterocycles. The molecule has 6 nitrogen and oxygen atoms in total. The molecule has 1 aliphatic carbocycles. The number of carbonyl (C=O) groups is 2. The number of ether oxygens (including phenoxy) is 2. The molecule has 1 amide bonds. The van der Waals surface area contributed by atoms with Crippen molar-refractivity contribution in [2.75, 3.05) is 19.0 Å². The Morgan fingerprint density at radius 2 is 1.96 bits per heavy atom. The molecule has 0 aromatic heterocycles. The summed E-state index contributed by atoms with van der Waals surface area (Å²) in [5.41, 5.74) is 6.62. The number of hydrogen-bond acceptors (Lipinski definition) is 5. The Morgan fingerprint density at radius 3 is 2.69 bits per heavy atom. The number of fused-ring (bicyclic) bond motifs is 1. The van der Waals surface area contributed by atoms with Crippen LogP contribution in [0, 0.1) is 5.92 Å². The first-order valence-electron chi connectivity index (χ1n) is 8.53. The van der Waals surface area contributed by atoms with E-state index in [4.69, 9.17) is 10.5 Å². The van der Waals surface area contributed by atoms with Crippen LogP contribution in [0.15, 0.2) is 48.6 Å². The van der Waals surface area contributed by atoms with Gasteiger partial charge in [0.1, 0.15) is 5.75 Å². The molecule has 2 aromatic carbocycles. The summed E-state index contributed by atoms with van der Waals surface area (Å²) in [5.74, 6) is -0.0676. The van der Waals surface area contributed by atoms with Crippen molar-refractivity contribution in [3.05, 3.63) is 48.6 Å². The molecular formula is C20H22N2O4. The molecular weight excluding hydrogens is 332 g/mol. The summed E-state index contributed by atoms with van der Waals surface area (Å²) < 4.78 is 10.1. The van der Waals surface area contributed by atoms with Crippen LogP contribution in [-0.4, -0.2) is 31.6 Å². The molecule has 0 spiro atoms. The van der Waals surface area contributed by atoms with Crippen LogP contribution in [0.5, 0.6) is 5.75 Å². The molecule has 0 saturated carbocycles. The minimum absolute atomic E-state index is 0.0433. The lowest BCUT2D eigenvalue weighted by Crippen LogP contribution is -2.31. The van der Waals surface area contributed by atoms with E-state index in [9.17, 15) is 9.59 Å². The molecule has 26 heavy (non-hydrogen) atoms. The first-order valence-corrected chi connectivity index (χ1v) is 8.53. The molecule has 136 valence electrons. The quantitative estimate of drug-likeness (QED) is 0.636. The van der Waals surface area contributed by atoms with E-state index >= 15 is 0 Å². The maximum Gasteiger partial charge on any atom is 0.343 e. The highest BCUT2D eigenvalue weighted by atomic mass is 16.6. The second-order valence-electron chi connectivity index (χ2n) is 6.27. The molecule has 3 rings (SSSR count). The third kappa shape index (κ3) is 4.03. The van der Waals surface area contributed by atoms with Crippen molar-refractivity contribution >= 4 is 28.3 Å². The van der Waals surface area contributed by atoms with E-state index in [-0.39, 0.29) is 24.5 Å². The third-order valence-electron chi connectivity index (χ3n) is 4.45. The second kappa shape index (κ2) is 8.01. The van der Waals surface area contributed by atoms with Gasteiger partial charge in [-0.15, -0.1) is 0 Å². The monoisotopic (exact) mass is 354 g/mol. The highest BCUT2D eigenvalue weighted by Crippen LogP contribution is 2.32. The zero-order valence-corrected chi connectivity index (χ0v) is 14.6. The number of nitrogens with two attached hydrogens (primary N) is 1. The van der Waals surface area contributed by atoms with E-state index in [0.717, 1.165) is 10.8 Å². The van der Waals surface area contributed by atoms with Crippen LogP contribution in [0.4, 0.5) is 5.69 Å². The van der Waals surface area contributed by atoms with Gasteiger partial charge < -0.3 is 20.5 Å². The Balaban J connectivity index is 1.82. The molecule has 3 N–H and O–H groups in total. The number of esters is 1. The van der Waals surface area contributed by atoms with Crippen LogP contribution in [-0.2, 0) is 14.3 Å². The van der Waals surface area contributed by atoms with E-state index in [0.29, 0.717) is 24.3 Å². The number of amides is 1. The fourth-order valence-electron chi connectivity index (χ4n) is 3.07. The highest BCUT2D eigenvalue weighted by Gasteiger charge is 2.23. The van der Waals surface area contributed by atoms with Crippen LogP contribution in [0.25, 0.3) is 10.8 Å². The van der Waals surface area contributed by atoms with E-state index < -0.39 is 5.97 Å². The summed E-state index contributed by atoms with van der Waals surface area (Å²) in [6.07, 6.45) is 5.23. The van der Waals surface area contributed by atoms with E-state index in [2.05, 4.69) is 10.1 Å². The van der Waals surface area contributed by atoms with Crippen LogP contribution in [0.3, 0.4) is 0 Å². The van der Waals surface area contributed by atoms with Crippen LogP contribution < -0.4 is 15.8 Å². The summed E-state index contributed by atoms with van der Waals surface area (Å²) in [5, 5.41) is 4.66. The average Bonchev–Trinajstić information content (AvgIpc) is 2.67. The number of carbonyl (C=O) groups excluding carboxylic acids is 2. The van der Waals surface area contributed by atoms with Crippen molar-refractivity contribution in [1.29, 1.82) is 0 Å². The topological polar surface area (TPSA) is 90.6 Å². The largest absolute Gasteiger partial charge is 0.481 e. The lowest BCUT2D eigenvalue weighted by atomic mass is 9.90.